The highest BCUT2D eigenvalue weighted by Crippen LogP contribution is 2.21. The molecule has 2 aromatic rings. The topological polar surface area (TPSA) is 17.0 Å². The van der Waals surface area contributed by atoms with E-state index in [0.717, 1.165) is 9.26 Å². The van der Waals surface area contributed by atoms with Crippen molar-refractivity contribution in [2.45, 2.75) is 6.54 Å². The summed E-state index contributed by atoms with van der Waals surface area (Å²) in [7, 11) is 0. The first-order chi connectivity index (χ1) is 8.19. The first kappa shape index (κ1) is 12.0. The first-order valence-electron chi connectivity index (χ1n) is 5.00. The third-order valence-electron chi connectivity index (χ3n) is 2.23. The maximum Gasteiger partial charge on any atom is 0.147 e. The average Bonchev–Trinajstić information content (AvgIpc) is 2.71. The van der Waals surface area contributed by atoms with E-state index in [2.05, 4.69) is 33.8 Å². The Hall–Kier alpha value is -1.48. The number of nitrogens with one attached hydrogen (secondary N) is 1. The first-order valence-corrected chi connectivity index (χ1v) is 6.08. The molecule has 1 heterocycles. The highest BCUT2D eigenvalue weighted by Gasteiger charge is 2.03. The lowest BCUT2D eigenvalue weighted by Gasteiger charge is -2.05. The molecule has 0 fully saturated rings. The van der Waals surface area contributed by atoms with Gasteiger partial charge in [-0.1, -0.05) is 5.92 Å². The molecule has 0 saturated heterocycles. The van der Waals surface area contributed by atoms with Crippen LogP contribution >= 0.6 is 22.6 Å². The van der Waals surface area contributed by atoms with Gasteiger partial charge in [-0.2, -0.15) is 0 Å². The molecule has 1 aromatic carbocycles. The molecule has 0 amide bonds. The maximum absolute atomic E-state index is 13.6. The van der Waals surface area contributed by atoms with Gasteiger partial charge in [0.25, 0.3) is 0 Å². The monoisotopic (exact) mass is 340 g/mol. The summed E-state index contributed by atoms with van der Waals surface area (Å²) in [6.07, 6.45) is 8.91. The second-order valence-electron chi connectivity index (χ2n) is 3.53. The number of anilines is 2. The Balaban J connectivity index is 2.17. The van der Waals surface area contributed by atoms with Crippen LogP contribution in [-0.2, 0) is 6.54 Å². The summed E-state index contributed by atoms with van der Waals surface area (Å²) in [5, 5.41) is 3.01. The smallest absolute Gasteiger partial charge is 0.147 e. The summed E-state index contributed by atoms with van der Waals surface area (Å²) in [5.41, 5.74) is 1.28. The van der Waals surface area contributed by atoms with Gasteiger partial charge in [0.2, 0.25) is 0 Å². The molecule has 86 valence electrons. The molecule has 4 heteroatoms. The zero-order valence-electron chi connectivity index (χ0n) is 8.95. The van der Waals surface area contributed by atoms with Crippen molar-refractivity contribution in [3.05, 3.63) is 46.0 Å². The lowest BCUT2D eigenvalue weighted by atomic mass is 10.3. The van der Waals surface area contributed by atoms with E-state index in [1.54, 1.807) is 6.07 Å². The zero-order chi connectivity index (χ0) is 12.3. The molecule has 0 saturated carbocycles. The van der Waals surface area contributed by atoms with Crippen molar-refractivity contribution < 1.29 is 4.39 Å². The Morgan fingerprint density at radius 2 is 2.24 bits per heavy atom. The largest absolute Gasteiger partial charge is 0.352 e. The van der Waals surface area contributed by atoms with Gasteiger partial charge in [0.05, 0.1) is 17.9 Å². The molecule has 0 atom stereocenters. The standard InChI is InChI=1S/C13H10FIN2/c1-2-6-17-7-5-11(9-17)16-13-4-3-10(15)8-12(13)14/h1,3-5,7-9,16H,6H2. The van der Waals surface area contributed by atoms with Crippen LogP contribution in [0.25, 0.3) is 0 Å². The lowest BCUT2D eigenvalue weighted by Crippen LogP contribution is -1.94. The number of halogens is 2. The van der Waals surface area contributed by atoms with Crippen LogP contribution < -0.4 is 5.32 Å². The summed E-state index contributed by atoms with van der Waals surface area (Å²) in [6, 6.07) is 6.91. The molecule has 2 rings (SSSR count). The predicted octanol–water partition coefficient (Wildman–Crippen LogP) is 3.61. The average molecular weight is 340 g/mol. The third-order valence-corrected chi connectivity index (χ3v) is 2.91. The van der Waals surface area contributed by atoms with Gasteiger partial charge in [0.1, 0.15) is 5.82 Å². The Bertz CT molecular complexity index is 569. The predicted molar refractivity (Wildman–Crippen MR) is 75.7 cm³/mol. The Morgan fingerprint density at radius 3 is 2.94 bits per heavy atom. The quantitative estimate of drug-likeness (QED) is 0.667. The van der Waals surface area contributed by atoms with Gasteiger partial charge >= 0.3 is 0 Å². The second kappa shape index (κ2) is 5.23. The second-order valence-corrected chi connectivity index (χ2v) is 4.77. The summed E-state index contributed by atoms with van der Waals surface area (Å²) in [6.45, 7) is 0.511. The van der Waals surface area contributed by atoms with Gasteiger partial charge in [0.15, 0.2) is 0 Å². The molecule has 0 aliphatic heterocycles. The number of hydrogen-bond donors (Lipinski definition) is 1. The van der Waals surface area contributed by atoms with Crippen molar-refractivity contribution in [2.24, 2.45) is 0 Å². The zero-order valence-corrected chi connectivity index (χ0v) is 11.1. The molecule has 17 heavy (non-hydrogen) atoms. The van der Waals surface area contributed by atoms with E-state index >= 15 is 0 Å². The van der Waals surface area contributed by atoms with Crippen molar-refractivity contribution in [1.29, 1.82) is 0 Å². The van der Waals surface area contributed by atoms with E-state index < -0.39 is 0 Å². The van der Waals surface area contributed by atoms with Gasteiger partial charge < -0.3 is 9.88 Å². The molecule has 0 unspecified atom stereocenters. The minimum atomic E-state index is -0.262. The van der Waals surface area contributed by atoms with Crippen LogP contribution in [-0.4, -0.2) is 4.57 Å². The van der Waals surface area contributed by atoms with E-state index in [4.69, 9.17) is 6.42 Å². The van der Waals surface area contributed by atoms with E-state index in [9.17, 15) is 4.39 Å². The fraction of sp³-hybridized carbons (Fsp3) is 0.0769. The van der Waals surface area contributed by atoms with Crippen LogP contribution in [0.5, 0.6) is 0 Å². The van der Waals surface area contributed by atoms with E-state index in [1.807, 2.05) is 29.1 Å². The summed E-state index contributed by atoms with van der Waals surface area (Å²) in [5.74, 6) is 2.28. The minimum absolute atomic E-state index is 0.262. The van der Waals surface area contributed by atoms with Gasteiger partial charge in [-0.15, -0.1) is 6.42 Å². The molecule has 0 radical (unpaired) electrons. The molecule has 2 nitrogen and oxygen atoms in total. The van der Waals surface area contributed by atoms with Crippen molar-refractivity contribution in [2.75, 3.05) is 5.32 Å². The molecule has 0 spiro atoms. The summed E-state index contributed by atoms with van der Waals surface area (Å²) in [4.78, 5) is 0. The van der Waals surface area contributed by atoms with Crippen LogP contribution in [0.2, 0.25) is 0 Å². The van der Waals surface area contributed by atoms with Crippen molar-refractivity contribution >= 4 is 34.0 Å². The Morgan fingerprint density at radius 1 is 1.41 bits per heavy atom. The van der Waals surface area contributed by atoms with Crippen molar-refractivity contribution in [3.63, 3.8) is 0 Å². The number of hydrogen-bond acceptors (Lipinski definition) is 1. The van der Waals surface area contributed by atoms with Crippen LogP contribution in [0.4, 0.5) is 15.8 Å². The van der Waals surface area contributed by atoms with E-state index in [0.29, 0.717) is 12.2 Å². The molecule has 1 aromatic heterocycles. The summed E-state index contributed by atoms with van der Waals surface area (Å²) >= 11 is 2.07. The Labute approximate surface area is 113 Å². The molecule has 1 N–H and O–H groups in total. The van der Waals surface area contributed by atoms with Crippen LogP contribution in [0.3, 0.4) is 0 Å². The minimum Gasteiger partial charge on any atom is -0.352 e. The normalized spacial score (nSPS) is 9.94. The third kappa shape index (κ3) is 3.01. The van der Waals surface area contributed by atoms with Crippen LogP contribution in [0.15, 0.2) is 36.7 Å². The Kier molecular flexibility index (Phi) is 3.69. The number of benzene rings is 1. The molecule has 0 aliphatic rings. The van der Waals surface area contributed by atoms with Gasteiger partial charge in [-0.3, -0.25) is 0 Å². The van der Waals surface area contributed by atoms with Crippen molar-refractivity contribution in [1.82, 2.24) is 4.57 Å². The van der Waals surface area contributed by atoms with Gasteiger partial charge in [-0.25, -0.2) is 4.39 Å². The molecule has 0 aliphatic carbocycles. The highest BCUT2D eigenvalue weighted by atomic mass is 127. The lowest BCUT2D eigenvalue weighted by molar-refractivity contribution is 0.631. The molecular formula is C13H10FIN2. The van der Waals surface area contributed by atoms with Gasteiger partial charge in [0, 0.05) is 16.0 Å². The van der Waals surface area contributed by atoms with Gasteiger partial charge in [-0.05, 0) is 46.9 Å². The van der Waals surface area contributed by atoms with E-state index in [1.165, 1.54) is 6.07 Å². The molecule has 0 bridgehead atoms. The SMILES string of the molecule is C#CCn1ccc(Nc2ccc(I)cc2F)c1. The fourth-order valence-electron chi connectivity index (χ4n) is 1.46. The van der Waals surface area contributed by atoms with Crippen molar-refractivity contribution in [3.8, 4) is 12.3 Å². The number of terminal acetylenes is 1. The highest BCUT2D eigenvalue weighted by molar-refractivity contribution is 14.1. The number of aromatic nitrogens is 1. The summed E-state index contributed by atoms with van der Waals surface area (Å²) < 4.78 is 16.3. The number of nitrogens with zero attached hydrogens (tertiary/aromatic N) is 1. The van der Waals surface area contributed by atoms with Crippen LogP contribution in [0.1, 0.15) is 0 Å². The fourth-order valence-corrected chi connectivity index (χ4v) is 1.92. The van der Waals surface area contributed by atoms with Crippen LogP contribution in [0, 0.1) is 21.7 Å². The maximum atomic E-state index is 13.6. The van der Waals surface area contributed by atoms with E-state index in [-0.39, 0.29) is 5.82 Å². The molecular weight excluding hydrogens is 330 g/mol. The number of rotatable bonds is 3.